The molecule has 0 radical (unpaired) electrons. The highest BCUT2D eigenvalue weighted by molar-refractivity contribution is 5.32. The monoisotopic (exact) mass is 279 g/mol. The van der Waals surface area contributed by atoms with Crippen LogP contribution in [0.25, 0.3) is 0 Å². The summed E-state index contributed by atoms with van der Waals surface area (Å²) >= 11 is 0. The molecule has 0 bridgehead atoms. The number of hydrogen-bond donors (Lipinski definition) is 0. The van der Waals surface area contributed by atoms with Gasteiger partial charge in [0.05, 0.1) is 0 Å². The minimum absolute atomic E-state index is 0.612. The molecule has 0 amide bonds. The maximum absolute atomic E-state index is 2.59. The summed E-state index contributed by atoms with van der Waals surface area (Å²) in [5.41, 5.74) is 4.37. The van der Waals surface area contributed by atoms with Gasteiger partial charge < -0.3 is 4.90 Å². The van der Waals surface area contributed by atoms with Gasteiger partial charge in [-0.3, -0.25) is 0 Å². The van der Waals surface area contributed by atoms with Crippen LogP contribution in [0.5, 0.6) is 0 Å². The molecule has 1 aliphatic heterocycles. The molecule has 1 aliphatic rings. The van der Waals surface area contributed by atoms with Crippen molar-refractivity contribution < 1.29 is 0 Å². The number of hydrogen-bond acceptors (Lipinski definition) is 1. The molecule has 1 saturated heterocycles. The molecule has 1 heterocycles. The number of aryl methyl sites for hydroxylation is 1. The molecule has 0 aliphatic carbocycles. The molecule has 0 N–H and O–H groups in total. The van der Waals surface area contributed by atoms with E-state index in [0.717, 1.165) is 6.54 Å². The van der Waals surface area contributed by atoms with Crippen LogP contribution >= 0.6 is 0 Å². The van der Waals surface area contributed by atoms with Gasteiger partial charge in [0.1, 0.15) is 0 Å². The van der Waals surface area contributed by atoms with E-state index in [2.05, 4.69) is 73.3 Å². The molecule has 2 atom stereocenters. The van der Waals surface area contributed by atoms with Crippen molar-refractivity contribution in [3.8, 4) is 0 Å². The van der Waals surface area contributed by atoms with Gasteiger partial charge in [-0.25, -0.2) is 0 Å². The average molecular weight is 279 g/mol. The van der Waals surface area contributed by atoms with Crippen molar-refractivity contribution in [2.75, 3.05) is 19.6 Å². The average Bonchev–Trinajstić information content (AvgIpc) is 2.55. The second-order valence-electron chi connectivity index (χ2n) is 6.22. The Labute approximate surface area is 128 Å². The summed E-state index contributed by atoms with van der Waals surface area (Å²) in [5, 5.41) is 0. The summed E-state index contributed by atoms with van der Waals surface area (Å²) < 4.78 is 0. The number of piperidine rings is 1. The molecular formula is C20H25N. The topological polar surface area (TPSA) is 3.24 Å². The van der Waals surface area contributed by atoms with Gasteiger partial charge in [-0.05, 0) is 43.5 Å². The molecule has 1 nitrogen and oxygen atoms in total. The summed E-state index contributed by atoms with van der Waals surface area (Å²) in [6.45, 7) is 8.03. The van der Waals surface area contributed by atoms with Crippen molar-refractivity contribution in [1.29, 1.82) is 0 Å². The third-order valence-electron chi connectivity index (χ3n) is 4.84. The van der Waals surface area contributed by atoms with E-state index in [1.54, 1.807) is 0 Å². The zero-order valence-electron chi connectivity index (χ0n) is 13.1. The van der Waals surface area contributed by atoms with Crippen molar-refractivity contribution >= 4 is 0 Å². The summed E-state index contributed by atoms with van der Waals surface area (Å²) in [6.07, 6.45) is 1.26. The highest BCUT2D eigenvalue weighted by atomic mass is 15.1. The van der Waals surface area contributed by atoms with Crippen molar-refractivity contribution in [2.45, 2.75) is 32.1 Å². The zero-order chi connectivity index (χ0) is 14.7. The second-order valence-corrected chi connectivity index (χ2v) is 6.22. The van der Waals surface area contributed by atoms with Crippen LogP contribution in [-0.2, 0) is 0 Å². The van der Waals surface area contributed by atoms with Gasteiger partial charge in [-0.15, -0.1) is 0 Å². The van der Waals surface area contributed by atoms with Crippen LogP contribution in [0.3, 0.4) is 0 Å². The van der Waals surface area contributed by atoms with Gasteiger partial charge in [-0.2, -0.15) is 0 Å². The normalized spacial score (nSPS) is 23.1. The summed E-state index contributed by atoms with van der Waals surface area (Å²) in [6, 6.07) is 20.2. The maximum atomic E-state index is 2.59. The predicted octanol–water partition coefficient (Wildman–Crippen LogP) is 4.59. The van der Waals surface area contributed by atoms with Crippen molar-refractivity contribution in [1.82, 2.24) is 4.90 Å². The standard InChI is InChI=1S/C20H25N/c1-3-21-13-12-19(17-9-5-4-6-10-17)20(15-21)18-11-7-8-16(2)14-18/h4-11,14,19-20H,3,12-13,15H2,1-2H3/t19-,20+/m0/s1. The first-order chi connectivity index (χ1) is 10.3. The van der Waals surface area contributed by atoms with Crippen LogP contribution in [0.1, 0.15) is 41.9 Å². The lowest BCUT2D eigenvalue weighted by Crippen LogP contribution is -2.38. The van der Waals surface area contributed by atoms with Crippen molar-refractivity contribution in [2.24, 2.45) is 0 Å². The minimum Gasteiger partial charge on any atom is -0.303 e. The zero-order valence-corrected chi connectivity index (χ0v) is 13.1. The van der Waals surface area contributed by atoms with Crippen LogP contribution in [0, 0.1) is 6.92 Å². The molecule has 0 spiro atoms. The Hall–Kier alpha value is -1.60. The van der Waals surface area contributed by atoms with E-state index in [-0.39, 0.29) is 0 Å². The van der Waals surface area contributed by atoms with E-state index in [9.17, 15) is 0 Å². The lowest BCUT2D eigenvalue weighted by molar-refractivity contribution is 0.198. The summed E-state index contributed by atoms with van der Waals surface area (Å²) in [4.78, 5) is 2.59. The fourth-order valence-corrected chi connectivity index (χ4v) is 3.64. The Balaban J connectivity index is 1.94. The minimum atomic E-state index is 0.612. The molecule has 21 heavy (non-hydrogen) atoms. The van der Waals surface area contributed by atoms with Gasteiger partial charge in [0.15, 0.2) is 0 Å². The molecule has 0 aromatic heterocycles. The summed E-state index contributed by atoms with van der Waals surface area (Å²) in [7, 11) is 0. The van der Waals surface area contributed by atoms with E-state index in [4.69, 9.17) is 0 Å². The van der Waals surface area contributed by atoms with Crippen LogP contribution in [0.4, 0.5) is 0 Å². The van der Waals surface area contributed by atoms with Crippen molar-refractivity contribution in [3.05, 3.63) is 71.3 Å². The molecule has 1 heteroatoms. The molecule has 0 unspecified atom stereocenters. The smallest absolute Gasteiger partial charge is 0.00561 e. The number of benzene rings is 2. The molecule has 110 valence electrons. The lowest BCUT2D eigenvalue weighted by atomic mass is 9.76. The highest BCUT2D eigenvalue weighted by Crippen LogP contribution is 2.39. The lowest BCUT2D eigenvalue weighted by Gasteiger charge is -2.39. The van der Waals surface area contributed by atoms with Crippen LogP contribution in [-0.4, -0.2) is 24.5 Å². The van der Waals surface area contributed by atoms with E-state index in [0.29, 0.717) is 11.8 Å². The number of likely N-dealkylation sites (tertiary alicyclic amines) is 1. The Kier molecular flexibility index (Phi) is 4.40. The molecular weight excluding hydrogens is 254 g/mol. The molecule has 2 aromatic rings. The first-order valence-corrected chi connectivity index (χ1v) is 8.12. The fourth-order valence-electron chi connectivity index (χ4n) is 3.64. The van der Waals surface area contributed by atoms with Gasteiger partial charge >= 0.3 is 0 Å². The van der Waals surface area contributed by atoms with E-state index in [1.807, 2.05) is 0 Å². The molecule has 2 aromatic carbocycles. The van der Waals surface area contributed by atoms with Gasteiger partial charge in [0, 0.05) is 12.5 Å². The quantitative estimate of drug-likeness (QED) is 0.794. The Bertz CT molecular complexity index is 575. The molecule has 1 fully saturated rings. The second kappa shape index (κ2) is 6.44. The predicted molar refractivity (Wildman–Crippen MR) is 89.8 cm³/mol. The number of likely N-dealkylation sites (N-methyl/N-ethyl adjacent to an activating group) is 1. The van der Waals surface area contributed by atoms with Crippen molar-refractivity contribution in [3.63, 3.8) is 0 Å². The van der Waals surface area contributed by atoms with Crippen LogP contribution in [0.2, 0.25) is 0 Å². The Morgan fingerprint density at radius 3 is 2.43 bits per heavy atom. The van der Waals surface area contributed by atoms with Gasteiger partial charge in [-0.1, -0.05) is 67.1 Å². The third-order valence-corrected chi connectivity index (χ3v) is 4.84. The summed E-state index contributed by atoms with van der Waals surface area (Å²) in [5.74, 6) is 1.26. The fraction of sp³-hybridized carbons (Fsp3) is 0.400. The SMILES string of the molecule is CCN1CC[C@@H](c2ccccc2)[C@@H](c2cccc(C)c2)C1. The van der Waals surface area contributed by atoms with E-state index in [1.165, 1.54) is 36.2 Å². The van der Waals surface area contributed by atoms with E-state index < -0.39 is 0 Å². The first-order valence-electron chi connectivity index (χ1n) is 8.12. The third kappa shape index (κ3) is 3.19. The Morgan fingerprint density at radius 2 is 1.71 bits per heavy atom. The van der Waals surface area contributed by atoms with Crippen LogP contribution in [0.15, 0.2) is 54.6 Å². The first kappa shape index (κ1) is 14.3. The molecule has 0 saturated carbocycles. The largest absolute Gasteiger partial charge is 0.303 e. The van der Waals surface area contributed by atoms with Gasteiger partial charge in [0.25, 0.3) is 0 Å². The maximum Gasteiger partial charge on any atom is 0.00561 e. The molecule has 3 rings (SSSR count). The number of nitrogens with zero attached hydrogens (tertiary/aromatic N) is 1. The van der Waals surface area contributed by atoms with E-state index >= 15 is 0 Å². The highest BCUT2D eigenvalue weighted by Gasteiger charge is 2.30. The number of rotatable bonds is 3. The van der Waals surface area contributed by atoms with Crippen LogP contribution < -0.4 is 0 Å². The van der Waals surface area contributed by atoms with Gasteiger partial charge in [0.2, 0.25) is 0 Å². The Morgan fingerprint density at radius 1 is 0.952 bits per heavy atom.